The van der Waals surface area contributed by atoms with Crippen molar-refractivity contribution in [2.45, 2.75) is 37.8 Å². The van der Waals surface area contributed by atoms with E-state index in [1.165, 1.54) is 0 Å². The van der Waals surface area contributed by atoms with Crippen molar-refractivity contribution in [1.29, 1.82) is 0 Å². The van der Waals surface area contributed by atoms with Gasteiger partial charge in [-0.2, -0.15) is 0 Å². The summed E-state index contributed by atoms with van der Waals surface area (Å²) in [4.78, 5) is 9.13. The molecule has 1 saturated carbocycles. The van der Waals surface area contributed by atoms with Crippen molar-refractivity contribution in [2.75, 3.05) is 17.7 Å². The Morgan fingerprint density at radius 2 is 1.97 bits per heavy atom. The Kier molecular flexibility index (Phi) is 5.14. The van der Waals surface area contributed by atoms with Crippen molar-refractivity contribution >= 4 is 43.3 Å². The lowest BCUT2D eigenvalue weighted by molar-refractivity contribution is 0.116. The molecule has 0 spiro atoms. The molecule has 0 saturated heterocycles. The number of anilines is 2. The molecule has 4 aromatic rings. The highest BCUT2D eigenvalue weighted by Gasteiger charge is 2.23. The van der Waals surface area contributed by atoms with Crippen molar-refractivity contribution < 1.29 is 9.84 Å². The number of hydrogen-bond donors (Lipinski definition) is 3. The molecule has 154 valence electrons. The molecule has 5 rings (SSSR count). The smallest absolute Gasteiger partial charge is 0.184 e. The maximum absolute atomic E-state index is 10.2. The normalized spacial score (nSPS) is 19.1. The van der Waals surface area contributed by atoms with E-state index in [-0.39, 0.29) is 12.1 Å². The molecule has 0 radical (unpaired) electrons. The topological polar surface area (TPSA) is 79.3 Å². The van der Waals surface area contributed by atoms with Gasteiger partial charge in [-0.3, -0.25) is 4.98 Å². The van der Waals surface area contributed by atoms with Gasteiger partial charge in [0.2, 0.25) is 0 Å². The van der Waals surface area contributed by atoms with E-state index < -0.39 is 0 Å². The SMILES string of the molecule is CNc1ccc2c(Oc3ccc4nc(N[C@@H]5CCCC[C@H]5O)sc4c3)ccnc2c1. The van der Waals surface area contributed by atoms with E-state index in [0.29, 0.717) is 0 Å². The van der Waals surface area contributed by atoms with Crippen molar-refractivity contribution in [3.8, 4) is 11.5 Å². The molecule has 1 aliphatic rings. The highest BCUT2D eigenvalue weighted by atomic mass is 32.1. The zero-order valence-electron chi connectivity index (χ0n) is 16.8. The summed E-state index contributed by atoms with van der Waals surface area (Å²) in [7, 11) is 1.89. The molecule has 2 aromatic heterocycles. The first-order chi connectivity index (χ1) is 14.7. The van der Waals surface area contributed by atoms with Crippen molar-refractivity contribution in [1.82, 2.24) is 9.97 Å². The van der Waals surface area contributed by atoms with Gasteiger partial charge in [0.1, 0.15) is 11.5 Å². The van der Waals surface area contributed by atoms with Crippen LogP contribution in [0.1, 0.15) is 25.7 Å². The van der Waals surface area contributed by atoms with Crippen LogP contribution in [0.4, 0.5) is 10.8 Å². The molecule has 1 fully saturated rings. The summed E-state index contributed by atoms with van der Waals surface area (Å²) < 4.78 is 7.26. The second kappa shape index (κ2) is 8.08. The fraction of sp³-hybridized carbons (Fsp3) is 0.304. The van der Waals surface area contributed by atoms with E-state index >= 15 is 0 Å². The van der Waals surface area contributed by atoms with Gasteiger partial charge in [-0.15, -0.1) is 0 Å². The van der Waals surface area contributed by atoms with Crippen LogP contribution in [0.15, 0.2) is 48.7 Å². The van der Waals surface area contributed by atoms with Crippen LogP contribution in [-0.2, 0) is 0 Å². The minimum Gasteiger partial charge on any atom is -0.457 e. The maximum Gasteiger partial charge on any atom is 0.184 e. The van der Waals surface area contributed by atoms with Gasteiger partial charge in [-0.25, -0.2) is 4.98 Å². The Morgan fingerprint density at radius 3 is 2.83 bits per heavy atom. The number of rotatable bonds is 5. The lowest BCUT2D eigenvalue weighted by Gasteiger charge is -2.27. The molecule has 3 N–H and O–H groups in total. The van der Waals surface area contributed by atoms with Gasteiger partial charge in [0, 0.05) is 30.4 Å². The fourth-order valence-corrected chi connectivity index (χ4v) is 4.92. The average Bonchev–Trinajstić information content (AvgIpc) is 3.17. The van der Waals surface area contributed by atoms with Gasteiger partial charge in [0.15, 0.2) is 5.13 Å². The number of nitrogens with one attached hydrogen (secondary N) is 2. The van der Waals surface area contributed by atoms with Gasteiger partial charge < -0.3 is 20.5 Å². The van der Waals surface area contributed by atoms with Gasteiger partial charge in [0.05, 0.1) is 27.9 Å². The Bertz CT molecular complexity index is 1190. The molecule has 1 aliphatic carbocycles. The van der Waals surface area contributed by atoms with Gasteiger partial charge in [-0.05, 0) is 49.2 Å². The molecule has 0 amide bonds. The quantitative estimate of drug-likeness (QED) is 0.401. The first kappa shape index (κ1) is 19.1. The number of fused-ring (bicyclic) bond motifs is 2. The molecule has 2 atom stereocenters. The number of nitrogens with zero attached hydrogens (tertiary/aromatic N) is 2. The van der Waals surface area contributed by atoms with E-state index in [1.807, 2.05) is 49.5 Å². The summed E-state index contributed by atoms with van der Waals surface area (Å²) in [6, 6.07) is 13.9. The number of hydrogen-bond acceptors (Lipinski definition) is 7. The summed E-state index contributed by atoms with van der Waals surface area (Å²) in [5.41, 5.74) is 2.83. The Hall–Kier alpha value is -2.90. The number of aromatic nitrogens is 2. The van der Waals surface area contributed by atoms with E-state index in [9.17, 15) is 5.11 Å². The first-order valence-electron chi connectivity index (χ1n) is 10.3. The zero-order valence-corrected chi connectivity index (χ0v) is 17.6. The predicted molar refractivity (Wildman–Crippen MR) is 123 cm³/mol. The van der Waals surface area contributed by atoms with E-state index in [4.69, 9.17) is 4.74 Å². The monoisotopic (exact) mass is 420 g/mol. The summed E-state index contributed by atoms with van der Waals surface area (Å²) in [5, 5.41) is 18.6. The Morgan fingerprint density at radius 1 is 1.07 bits per heavy atom. The van der Waals surface area contributed by atoms with E-state index in [2.05, 4.69) is 20.6 Å². The molecule has 30 heavy (non-hydrogen) atoms. The molecule has 0 aliphatic heterocycles. The van der Waals surface area contributed by atoms with Crippen molar-refractivity contribution in [3.63, 3.8) is 0 Å². The largest absolute Gasteiger partial charge is 0.457 e. The highest BCUT2D eigenvalue weighted by Crippen LogP contribution is 2.35. The van der Waals surface area contributed by atoms with Crippen molar-refractivity contribution in [3.05, 3.63) is 48.7 Å². The molecule has 7 heteroatoms. The molecular formula is C23H24N4O2S. The molecule has 0 unspecified atom stereocenters. The first-order valence-corrected chi connectivity index (χ1v) is 11.1. The fourth-order valence-electron chi connectivity index (χ4n) is 3.96. The standard InChI is InChI=1S/C23H24N4O2S/c1-24-14-6-8-16-19(12-14)25-11-10-21(16)29-15-7-9-18-22(13-15)30-23(27-18)26-17-4-2-3-5-20(17)28/h6-13,17,20,24,28H,2-5H2,1H3,(H,26,27)/t17-,20-/m1/s1. The number of aliphatic hydroxyl groups excluding tert-OH is 1. The number of pyridine rings is 1. The molecule has 2 heterocycles. The minimum absolute atomic E-state index is 0.0840. The van der Waals surface area contributed by atoms with Crippen LogP contribution in [0.3, 0.4) is 0 Å². The third kappa shape index (κ3) is 3.78. The highest BCUT2D eigenvalue weighted by molar-refractivity contribution is 7.22. The van der Waals surface area contributed by atoms with E-state index in [1.54, 1.807) is 17.5 Å². The maximum atomic E-state index is 10.2. The molecule has 2 aromatic carbocycles. The number of aliphatic hydroxyl groups is 1. The van der Waals surface area contributed by atoms with E-state index in [0.717, 1.165) is 69.1 Å². The minimum atomic E-state index is -0.298. The lowest BCUT2D eigenvalue weighted by Crippen LogP contribution is -2.36. The van der Waals surface area contributed by atoms with Crippen molar-refractivity contribution in [2.24, 2.45) is 0 Å². The van der Waals surface area contributed by atoms with Crippen LogP contribution < -0.4 is 15.4 Å². The third-order valence-corrected chi connectivity index (χ3v) is 6.57. The molecule has 0 bridgehead atoms. The number of thiazole rings is 1. The average molecular weight is 421 g/mol. The second-order valence-electron chi connectivity index (χ2n) is 7.64. The Balaban J connectivity index is 1.40. The van der Waals surface area contributed by atoms with Gasteiger partial charge >= 0.3 is 0 Å². The number of benzene rings is 2. The lowest BCUT2D eigenvalue weighted by atomic mass is 9.93. The van der Waals surface area contributed by atoms with Crippen LogP contribution in [-0.4, -0.2) is 34.3 Å². The summed E-state index contributed by atoms with van der Waals surface area (Å²) >= 11 is 1.59. The van der Waals surface area contributed by atoms with Crippen LogP contribution >= 0.6 is 11.3 Å². The second-order valence-corrected chi connectivity index (χ2v) is 8.67. The molecule has 6 nitrogen and oxygen atoms in total. The molecular weight excluding hydrogens is 396 g/mol. The van der Waals surface area contributed by atoms with Gasteiger partial charge in [-0.1, -0.05) is 24.2 Å². The summed E-state index contributed by atoms with van der Waals surface area (Å²) in [6.07, 6.45) is 5.55. The summed E-state index contributed by atoms with van der Waals surface area (Å²) in [6.45, 7) is 0. The predicted octanol–water partition coefficient (Wildman–Crippen LogP) is 5.39. The Labute approximate surface area is 178 Å². The third-order valence-electron chi connectivity index (χ3n) is 5.62. The van der Waals surface area contributed by atoms with Crippen LogP contribution in [0.25, 0.3) is 21.1 Å². The summed E-state index contributed by atoms with van der Waals surface area (Å²) in [5.74, 6) is 1.54. The van der Waals surface area contributed by atoms with Gasteiger partial charge in [0.25, 0.3) is 0 Å². The van der Waals surface area contributed by atoms with Crippen LogP contribution in [0.5, 0.6) is 11.5 Å². The van der Waals surface area contributed by atoms with Crippen LogP contribution in [0.2, 0.25) is 0 Å². The van der Waals surface area contributed by atoms with Crippen LogP contribution in [0, 0.1) is 0 Å². The number of ether oxygens (including phenoxy) is 1. The zero-order chi connectivity index (χ0) is 20.5.